The first-order chi connectivity index (χ1) is 11.9. The van der Waals surface area contributed by atoms with Crippen LogP contribution in [0.15, 0.2) is 24.3 Å². The van der Waals surface area contributed by atoms with E-state index < -0.39 is 16.9 Å². The van der Waals surface area contributed by atoms with E-state index >= 15 is 0 Å². The number of hydrogen-bond donors (Lipinski definition) is 0. The quantitative estimate of drug-likeness (QED) is 0.400. The fourth-order valence-electron chi connectivity index (χ4n) is 2.71. The van der Waals surface area contributed by atoms with Crippen molar-refractivity contribution in [3.05, 3.63) is 51.1 Å². The largest absolute Gasteiger partial charge is 0.465 e. The van der Waals surface area contributed by atoms with Crippen LogP contribution in [-0.2, 0) is 9.47 Å². The van der Waals surface area contributed by atoms with Gasteiger partial charge in [-0.05, 0) is 30.7 Å². The zero-order valence-corrected chi connectivity index (χ0v) is 14.4. The van der Waals surface area contributed by atoms with E-state index in [4.69, 9.17) is 4.74 Å². The van der Waals surface area contributed by atoms with E-state index in [1.165, 1.54) is 37.7 Å². The molecule has 3 aromatic rings. The highest BCUT2D eigenvalue weighted by molar-refractivity contribution is 7.25. The van der Waals surface area contributed by atoms with Crippen LogP contribution in [0.4, 0.5) is 5.69 Å². The van der Waals surface area contributed by atoms with Crippen molar-refractivity contribution < 1.29 is 24.0 Å². The fraction of sp³-hybridized carbons (Fsp3) is 0.176. The van der Waals surface area contributed by atoms with Gasteiger partial charge in [-0.3, -0.25) is 10.1 Å². The molecule has 1 heterocycles. The van der Waals surface area contributed by atoms with Crippen LogP contribution in [0.5, 0.6) is 0 Å². The van der Waals surface area contributed by atoms with Crippen molar-refractivity contribution in [3.63, 3.8) is 0 Å². The minimum absolute atomic E-state index is 0.125. The van der Waals surface area contributed by atoms with Gasteiger partial charge in [0.25, 0.3) is 5.69 Å². The van der Waals surface area contributed by atoms with Gasteiger partial charge in [-0.15, -0.1) is 11.3 Å². The molecule has 0 aliphatic rings. The zero-order valence-electron chi connectivity index (χ0n) is 13.6. The Morgan fingerprint density at radius 2 is 1.48 bits per heavy atom. The summed E-state index contributed by atoms with van der Waals surface area (Å²) in [6.07, 6.45) is 0. The monoisotopic (exact) mass is 359 g/mol. The van der Waals surface area contributed by atoms with Crippen molar-refractivity contribution in [1.82, 2.24) is 0 Å². The van der Waals surface area contributed by atoms with E-state index in [0.29, 0.717) is 15.6 Å². The first kappa shape index (κ1) is 16.8. The molecular formula is C17H13NO6S. The molecule has 7 nitrogen and oxygen atoms in total. The molecule has 0 aliphatic heterocycles. The van der Waals surface area contributed by atoms with Crippen molar-refractivity contribution >= 4 is 49.1 Å². The highest BCUT2D eigenvalue weighted by Crippen LogP contribution is 2.39. The van der Waals surface area contributed by atoms with Crippen LogP contribution >= 0.6 is 11.3 Å². The van der Waals surface area contributed by atoms with Gasteiger partial charge in [0, 0.05) is 26.2 Å². The Labute approximate surface area is 145 Å². The van der Waals surface area contributed by atoms with E-state index in [0.717, 1.165) is 15.6 Å². The minimum Gasteiger partial charge on any atom is -0.465 e. The number of nitro groups is 1. The number of esters is 2. The van der Waals surface area contributed by atoms with Gasteiger partial charge in [0.1, 0.15) is 5.56 Å². The number of benzene rings is 2. The molecule has 0 saturated heterocycles. The highest BCUT2D eigenvalue weighted by atomic mass is 32.1. The molecule has 2 aromatic carbocycles. The second-order valence-corrected chi connectivity index (χ2v) is 6.45. The predicted octanol–water partition coefficient (Wildman–Crippen LogP) is 3.84. The number of ether oxygens (including phenoxy) is 2. The molecule has 3 rings (SSSR count). The molecule has 0 radical (unpaired) electrons. The summed E-state index contributed by atoms with van der Waals surface area (Å²) in [7, 11) is 2.47. The number of carbonyl (C=O) groups is 2. The SMILES string of the molecule is COC(=O)c1cc2c(cc1C)sc1cc([N+](=O)[O-])c(C(=O)OC)cc12. The minimum atomic E-state index is -0.784. The molecular weight excluding hydrogens is 346 g/mol. The Morgan fingerprint density at radius 1 is 0.960 bits per heavy atom. The first-order valence-electron chi connectivity index (χ1n) is 7.19. The van der Waals surface area contributed by atoms with Crippen molar-refractivity contribution in [3.8, 4) is 0 Å². The molecule has 128 valence electrons. The van der Waals surface area contributed by atoms with Crippen LogP contribution < -0.4 is 0 Å². The topological polar surface area (TPSA) is 95.7 Å². The van der Waals surface area contributed by atoms with Crippen LogP contribution in [0, 0.1) is 17.0 Å². The van der Waals surface area contributed by atoms with Gasteiger partial charge in [-0.25, -0.2) is 9.59 Å². The third-order valence-electron chi connectivity index (χ3n) is 3.94. The highest BCUT2D eigenvalue weighted by Gasteiger charge is 2.24. The Bertz CT molecular complexity index is 1050. The Balaban J connectivity index is 2.38. The van der Waals surface area contributed by atoms with Crippen LogP contribution in [-0.4, -0.2) is 31.1 Å². The van der Waals surface area contributed by atoms with Crippen molar-refractivity contribution in [2.24, 2.45) is 0 Å². The standard InChI is InChI=1S/C17H13NO6S/c1-8-4-14-10(5-9(8)16(19)23-2)11-6-12(17(20)24-3)13(18(21)22)7-15(11)25-14/h4-7H,1-3H3. The summed E-state index contributed by atoms with van der Waals surface area (Å²) in [6, 6.07) is 6.31. The number of methoxy groups -OCH3 is 2. The fourth-order valence-corrected chi connectivity index (χ4v) is 3.91. The van der Waals surface area contributed by atoms with Crippen LogP contribution in [0.1, 0.15) is 26.3 Å². The summed E-state index contributed by atoms with van der Waals surface area (Å²) in [5.74, 6) is -1.25. The summed E-state index contributed by atoms with van der Waals surface area (Å²) in [6.45, 7) is 1.79. The molecule has 0 atom stereocenters. The molecule has 8 heteroatoms. The average Bonchev–Trinajstić information content (AvgIpc) is 2.94. The lowest BCUT2D eigenvalue weighted by molar-refractivity contribution is -0.385. The lowest BCUT2D eigenvalue weighted by Crippen LogP contribution is -2.05. The Hall–Kier alpha value is -3.00. The zero-order chi connectivity index (χ0) is 18.3. The van der Waals surface area contributed by atoms with E-state index in [-0.39, 0.29) is 11.3 Å². The molecule has 0 spiro atoms. The van der Waals surface area contributed by atoms with Gasteiger partial charge in [0.05, 0.1) is 24.7 Å². The Kier molecular flexibility index (Phi) is 4.13. The maximum absolute atomic E-state index is 11.9. The molecule has 0 bridgehead atoms. The molecule has 0 N–H and O–H groups in total. The number of aryl methyl sites for hydroxylation is 1. The summed E-state index contributed by atoms with van der Waals surface area (Å²) >= 11 is 1.35. The third-order valence-corrected chi connectivity index (χ3v) is 5.06. The summed E-state index contributed by atoms with van der Waals surface area (Å²) < 4.78 is 10.9. The molecule has 25 heavy (non-hydrogen) atoms. The number of hydrogen-bond acceptors (Lipinski definition) is 7. The maximum Gasteiger partial charge on any atom is 0.344 e. The first-order valence-corrected chi connectivity index (χ1v) is 8.01. The number of nitrogens with zero attached hydrogens (tertiary/aromatic N) is 1. The smallest absolute Gasteiger partial charge is 0.344 e. The van der Waals surface area contributed by atoms with Crippen LogP contribution in [0.3, 0.4) is 0 Å². The van der Waals surface area contributed by atoms with Crippen LogP contribution in [0.2, 0.25) is 0 Å². The lowest BCUT2D eigenvalue weighted by Gasteiger charge is -2.04. The van der Waals surface area contributed by atoms with E-state index in [1.807, 2.05) is 6.07 Å². The summed E-state index contributed by atoms with van der Waals surface area (Å²) in [4.78, 5) is 34.5. The molecule has 0 fully saturated rings. The number of nitro benzene ring substituents is 1. The molecule has 0 saturated carbocycles. The third kappa shape index (κ3) is 2.70. The molecule has 0 aliphatic carbocycles. The van der Waals surface area contributed by atoms with Gasteiger partial charge in [0.2, 0.25) is 0 Å². The number of fused-ring (bicyclic) bond motifs is 3. The van der Waals surface area contributed by atoms with Crippen LogP contribution in [0.25, 0.3) is 20.2 Å². The van der Waals surface area contributed by atoms with Gasteiger partial charge < -0.3 is 9.47 Å². The number of rotatable bonds is 3. The van der Waals surface area contributed by atoms with Crippen molar-refractivity contribution in [1.29, 1.82) is 0 Å². The predicted molar refractivity (Wildman–Crippen MR) is 93.4 cm³/mol. The van der Waals surface area contributed by atoms with Gasteiger partial charge >= 0.3 is 11.9 Å². The second-order valence-electron chi connectivity index (χ2n) is 5.37. The summed E-state index contributed by atoms with van der Waals surface area (Å²) in [5, 5.41) is 12.7. The van der Waals surface area contributed by atoms with E-state index in [2.05, 4.69) is 4.74 Å². The maximum atomic E-state index is 11.9. The normalized spacial score (nSPS) is 10.8. The molecule has 1 aromatic heterocycles. The summed E-state index contributed by atoms with van der Waals surface area (Å²) in [5.41, 5.74) is 0.719. The molecule has 0 unspecified atom stereocenters. The second kappa shape index (κ2) is 6.14. The lowest BCUT2D eigenvalue weighted by atomic mass is 10.0. The van der Waals surface area contributed by atoms with E-state index in [1.54, 1.807) is 13.0 Å². The average molecular weight is 359 g/mol. The molecule has 0 amide bonds. The van der Waals surface area contributed by atoms with Gasteiger partial charge in [0.15, 0.2) is 0 Å². The van der Waals surface area contributed by atoms with Crippen molar-refractivity contribution in [2.75, 3.05) is 14.2 Å². The number of thiophene rings is 1. The van der Waals surface area contributed by atoms with Gasteiger partial charge in [-0.2, -0.15) is 0 Å². The Morgan fingerprint density at radius 3 is 2.04 bits per heavy atom. The van der Waals surface area contributed by atoms with E-state index in [9.17, 15) is 19.7 Å². The number of carbonyl (C=O) groups excluding carboxylic acids is 2. The van der Waals surface area contributed by atoms with Crippen molar-refractivity contribution in [2.45, 2.75) is 6.92 Å². The van der Waals surface area contributed by atoms with Gasteiger partial charge in [-0.1, -0.05) is 0 Å².